The Labute approximate surface area is 94.5 Å². The van der Waals surface area contributed by atoms with Gasteiger partial charge in [0.15, 0.2) is 5.17 Å². The van der Waals surface area contributed by atoms with E-state index in [9.17, 15) is 4.79 Å². The first-order chi connectivity index (χ1) is 7.19. The summed E-state index contributed by atoms with van der Waals surface area (Å²) in [5.74, 6) is -0.0564. The SMILES string of the molecule is CCNC(=O)CN(CC)C(=NC#N)SC. The zero-order valence-corrected chi connectivity index (χ0v) is 10.1. The molecule has 0 aromatic carbocycles. The Hall–Kier alpha value is -1.22. The quantitative estimate of drug-likeness (QED) is 0.435. The lowest BCUT2D eigenvalue weighted by Gasteiger charge is -2.21. The maximum Gasteiger partial charge on any atom is 0.239 e. The van der Waals surface area contributed by atoms with Crippen molar-refractivity contribution >= 4 is 22.8 Å². The molecule has 1 N–H and O–H groups in total. The summed E-state index contributed by atoms with van der Waals surface area (Å²) in [7, 11) is 0. The van der Waals surface area contributed by atoms with E-state index in [4.69, 9.17) is 5.26 Å². The number of nitrogens with zero attached hydrogens (tertiary/aromatic N) is 3. The van der Waals surface area contributed by atoms with Crippen molar-refractivity contribution < 1.29 is 4.79 Å². The Kier molecular flexibility index (Phi) is 7.46. The molecule has 0 radical (unpaired) electrons. The minimum absolute atomic E-state index is 0.0564. The van der Waals surface area contributed by atoms with Gasteiger partial charge in [-0.2, -0.15) is 5.26 Å². The second-order valence-corrected chi connectivity index (χ2v) is 3.44. The summed E-state index contributed by atoms with van der Waals surface area (Å²) in [6.07, 6.45) is 3.56. The third kappa shape index (κ3) is 5.27. The van der Waals surface area contributed by atoms with Crippen molar-refractivity contribution in [3.8, 4) is 6.19 Å². The van der Waals surface area contributed by atoms with Gasteiger partial charge in [-0.05, 0) is 20.1 Å². The van der Waals surface area contributed by atoms with Crippen molar-refractivity contribution in [1.29, 1.82) is 5.26 Å². The van der Waals surface area contributed by atoms with Crippen LogP contribution in [-0.4, -0.2) is 41.9 Å². The topological polar surface area (TPSA) is 68.5 Å². The predicted octanol–water partition coefficient (Wildman–Crippen LogP) is 0.644. The third-order valence-corrected chi connectivity index (χ3v) is 2.40. The fourth-order valence-electron chi connectivity index (χ4n) is 1.03. The van der Waals surface area contributed by atoms with Crippen molar-refractivity contribution in [2.45, 2.75) is 13.8 Å². The highest BCUT2D eigenvalue weighted by atomic mass is 32.2. The summed E-state index contributed by atoms with van der Waals surface area (Å²) in [4.78, 5) is 16.8. The van der Waals surface area contributed by atoms with Crippen molar-refractivity contribution in [2.75, 3.05) is 25.9 Å². The molecule has 0 atom stereocenters. The Balaban J connectivity index is 4.42. The van der Waals surface area contributed by atoms with Gasteiger partial charge in [0.05, 0.1) is 6.54 Å². The van der Waals surface area contributed by atoms with Crippen LogP contribution in [-0.2, 0) is 4.79 Å². The van der Waals surface area contributed by atoms with Gasteiger partial charge in [-0.1, -0.05) is 11.8 Å². The maximum absolute atomic E-state index is 11.3. The highest BCUT2D eigenvalue weighted by molar-refractivity contribution is 8.13. The van der Waals surface area contributed by atoms with Crippen LogP contribution in [0.4, 0.5) is 0 Å². The molecule has 0 bridgehead atoms. The number of amidine groups is 1. The normalized spacial score (nSPS) is 10.7. The average molecular weight is 228 g/mol. The molecular formula is C9H16N4OS. The molecule has 0 aromatic heterocycles. The van der Waals surface area contributed by atoms with E-state index in [-0.39, 0.29) is 12.5 Å². The van der Waals surface area contributed by atoms with E-state index in [1.54, 1.807) is 11.1 Å². The van der Waals surface area contributed by atoms with Crippen LogP contribution in [0.15, 0.2) is 4.99 Å². The van der Waals surface area contributed by atoms with Crippen molar-refractivity contribution in [1.82, 2.24) is 10.2 Å². The van der Waals surface area contributed by atoms with Crippen LogP contribution in [0.5, 0.6) is 0 Å². The lowest BCUT2D eigenvalue weighted by atomic mass is 10.5. The lowest BCUT2D eigenvalue weighted by molar-refractivity contribution is -0.121. The van der Waals surface area contributed by atoms with Gasteiger partial charge >= 0.3 is 0 Å². The number of likely N-dealkylation sites (N-methyl/N-ethyl adjacent to an activating group) is 2. The van der Waals surface area contributed by atoms with Crippen LogP contribution in [0, 0.1) is 11.5 Å². The second kappa shape index (κ2) is 8.12. The van der Waals surface area contributed by atoms with Crippen LogP contribution in [0.3, 0.4) is 0 Å². The minimum Gasteiger partial charge on any atom is -0.355 e. The first-order valence-electron chi connectivity index (χ1n) is 4.71. The molecule has 0 spiro atoms. The van der Waals surface area contributed by atoms with Crippen molar-refractivity contribution in [3.63, 3.8) is 0 Å². The molecule has 0 heterocycles. The number of hydrogen-bond acceptors (Lipinski definition) is 4. The van der Waals surface area contributed by atoms with E-state index in [0.717, 1.165) is 0 Å². The van der Waals surface area contributed by atoms with Gasteiger partial charge in [0.2, 0.25) is 12.1 Å². The van der Waals surface area contributed by atoms with Crippen LogP contribution < -0.4 is 5.32 Å². The molecule has 15 heavy (non-hydrogen) atoms. The molecule has 0 saturated heterocycles. The van der Waals surface area contributed by atoms with Crippen molar-refractivity contribution in [2.24, 2.45) is 4.99 Å². The number of carbonyl (C=O) groups is 1. The van der Waals surface area contributed by atoms with Crippen LogP contribution >= 0.6 is 11.8 Å². The smallest absolute Gasteiger partial charge is 0.239 e. The molecule has 0 aliphatic heterocycles. The number of aliphatic imine (C=N–C) groups is 1. The number of hydrogen-bond donors (Lipinski definition) is 1. The van der Waals surface area contributed by atoms with Gasteiger partial charge in [-0.25, -0.2) is 0 Å². The van der Waals surface area contributed by atoms with Gasteiger partial charge in [0, 0.05) is 13.1 Å². The summed E-state index contributed by atoms with van der Waals surface area (Å²) in [5, 5.41) is 11.8. The predicted molar refractivity (Wildman–Crippen MR) is 62.5 cm³/mol. The fraction of sp³-hybridized carbons (Fsp3) is 0.667. The Morgan fingerprint density at radius 3 is 2.67 bits per heavy atom. The largest absolute Gasteiger partial charge is 0.355 e. The highest BCUT2D eigenvalue weighted by Gasteiger charge is 2.12. The number of rotatable bonds is 4. The first-order valence-corrected chi connectivity index (χ1v) is 5.94. The summed E-state index contributed by atoms with van der Waals surface area (Å²) < 4.78 is 0. The Morgan fingerprint density at radius 2 is 2.27 bits per heavy atom. The molecule has 5 nitrogen and oxygen atoms in total. The molecule has 0 rings (SSSR count). The zero-order chi connectivity index (χ0) is 11.7. The van der Waals surface area contributed by atoms with E-state index in [1.807, 2.05) is 20.1 Å². The maximum atomic E-state index is 11.3. The van der Waals surface area contributed by atoms with Crippen LogP contribution in [0.1, 0.15) is 13.8 Å². The molecule has 0 aliphatic carbocycles. The number of nitriles is 1. The average Bonchev–Trinajstić information content (AvgIpc) is 2.23. The van der Waals surface area contributed by atoms with Gasteiger partial charge < -0.3 is 10.2 Å². The standard InChI is InChI=1S/C9H16N4OS/c1-4-11-8(14)6-13(5-2)9(15-3)12-7-10/h4-6H2,1-3H3,(H,11,14). The number of amides is 1. The molecule has 84 valence electrons. The Bertz CT molecular complexity index is 272. The fourth-order valence-corrected chi connectivity index (χ4v) is 1.61. The molecule has 0 saturated carbocycles. The van der Waals surface area contributed by atoms with Gasteiger partial charge in [-0.3, -0.25) is 4.79 Å². The number of carbonyl (C=O) groups excluding carboxylic acids is 1. The van der Waals surface area contributed by atoms with Gasteiger partial charge in [0.25, 0.3) is 0 Å². The molecular weight excluding hydrogens is 212 g/mol. The van der Waals surface area contributed by atoms with E-state index < -0.39 is 0 Å². The Morgan fingerprint density at radius 1 is 1.60 bits per heavy atom. The van der Waals surface area contributed by atoms with E-state index >= 15 is 0 Å². The minimum atomic E-state index is -0.0564. The highest BCUT2D eigenvalue weighted by Crippen LogP contribution is 2.04. The summed E-state index contributed by atoms with van der Waals surface area (Å²) in [6.45, 7) is 5.29. The van der Waals surface area contributed by atoms with E-state index in [2.05, 4.69) is 10.3 Å². The molecule has 0 aliphatic rings. The molecule has 0 fully saturated rings. The zero-order valence-electron chi connectivity index (χ0n) is 9.28. The summed E-state index contributed by atoms with van der Waals surface area (Å²) in [6, 6.07) is 0. The lowest BCUT2D eigenvalue weighted by Crippen LogP contribution is -2.39. The van der Waals surface area contributed by atoms with Gasteiger partial charge in [-0.15, -0.1) is 4.99 Å². The first kappa shape index (κ1) is 13.8. The number of thioether (sulfide) groups is 1. The molecule has 0 aromatic rings. The number of nitrogens with one attached hydrogen (secondary N) is 1. The van der Waals surface area contributed by atoms with Gasteiger partial charge in [0.1, 0.15) is 0 Å². The molecule has 6 heteroatoms. The second-order valence-electron chi connectivity index (χ2n) is 2.67. The monoisotopic (exact) mass is 228 g/mol. The summed E-state index contributed by atoms with van der Waals surface area (Å²) in [5.41, 5.74) is 0. The van der Waals surface area contributed by atoms with Crippen molar-refractivity contribution in [3.05, 3.63) is 0 Å². The summed E-state index contributed by atoms with van der Waals surface area (Å²) >= 11 is 1.36. The van der Waals surface area contributed by atoms with Crippen LogP contribution in [0.25, 0.3) is 0 Å². The van der Waals surface area contributed by atoms with Crippen LogP contribution in [0.2, 0.25) is 0 Å². The van der Waals surface area contributed by atoms with E-state index in [1.165, 1.54) is 11.8 Å². The molecule has 1 amide bonds. The van der Waals surface area contributed by atoms with E-state index in [0.29, 0.717) is 18.3 Å². The molecule has 0 unspecified atom stereocenters. The third-order valence-electron chi connectivity index (χ3n) is 1.69.